The summed E-state index contributed by atoms with van der Waals surface area (Å²) < 4.78 is 1.97. The average molecular weight is 430 g/mol. The fourth-order valence-electron chi connectivity index (χ4n) is 3.24. The van der Waals surface area contributed by atoms with E-state index in [0.29, 0.717) is 19.5 Å². The van der Waals surface area contributed by atoms with E-state index in [1.165, 1.54) is 0 Å². The molecule has 8 nitrogen and oxygen atoms in total. The van der Waals surface area contributed by atoms with Crippen LogP contribution in [-0.2, 0) is 24.9 Å². The van der Waals surface area contributed by atoms with Crippen LogP contribution in [0.3, 0.4) is 0 Å². The van der Waals surface area contributed by atoms with Crippen LogP contribution in [0.2, 0.25) is 0 Å². The molecule has 0 saturated carbocycles. The summed E-state index contributed by atoms with van der Waals surface area (Å²) >= 11 is 1.84. The first-order chi connectivity index (χ1) is 14.6. The minimum absolute atomic E-state index is 0.209. The minimum Gasteiger partial charge on any atom is -0.356 e. The molecule has 0 unspecified atom stereocenters. The molecule has 1 aromatic carbocycles. The molecule has 1 amide bonds. The van der Waals surface area contributed by atoms with Gasteiger partial charge in [0.15, 0.2) is 11.8 Å². The monoisotopic (exact) mass is 429 g/mol. The van der Waals surface area contributed by atoms with Gasteiger partial charge in [0.25, 0.3) is 0 Å². The van der Waals surface area contributed by atoms with E-state index >= 15 is 0 Å². The van der Waals surface area contributed by atoms with Crippen molar-refractivity contribution in [1.29, 1.82) is 0 Å². The third kappa shape index (κ3) is 5.98. The average Bonchev–Trinajstić information content (AvgIpc) is 3.33. The number of hydrogen-bond acceptors (Lipinski definition) is 5. The molecule has 0 bridgehead atoms. The molecule has 1 aromatic heterocycles. The van der Waals surface area contributed by atoms with E-state index in [9.17, 15) is 4.79 Å². The Morgan fingerprint density at radius 2 is 2.03 bits per heavy atom. The van der Waals surface area contributed by atoms with Gasteiger partial charge in [-0.25, -0.2) is 4.99 Å². The lowest BCUT2D eigenvalue weighted by Gasteiger charge is -2.16. The number of thioether (sulfide) groups is 1. The van der Waals surface area contributed by atoms with Crippen LogP contribution in [0.5, 0.6) is 0 Å². The lowest BCUT2D eigenvalue weighted by atomic mass is 10.2. The second-order valence-electron chi connectivity index (χ2n) is 7.33. The predicted octanol–water partition coefficient (Wildman–Crippen LogP) is 2.24. The van der Waals surface area contributed by atoms with Crippen molar-refractivity contribution in [2.45, 2.75) is 39.3 Å². The van der Waals surface area contributed by atoms with E-state index in [-0.39, 0.29) is 5.91 Å². The Morgan fingerprint density at radius 1 is 1.23 bits per heavy atom. The fraction of sp³-hybridized carbons (Fsp3) is 0.524. The fourth-order valence-corrected chi connectivity index (χ4v) is 3.67. The van der Waals surface area contributed by atoms with Crippen molar-refractivity contribution in [1.82, 2.24) is 25.4 Å². The van der Waals surface area contributed by atoms with Gasteiger partial charge >= 0.3 is 0 Å². The Hall–Kier alpha value is -2.55. The number of aromatic nitrogens is 3. The number of guanidine groups is 1. The topological polar surface area (TPSA) is 87.4 Å². The molecular formula is C21H31N7OS. The number of benzene rings is 1. The molecule has 2 aromatic rings. The zero-order valence-electron chi connectivity index (χ0n) is 18.0. The summed E-state index contributed by atoms with van der Waals surface area (Å²) in [6.45, 7) is 4.73. The molecule has 9 heteroatoms. The maximum Gasteiger partial charge on any atom is 0.227 e. The quantitative estimate of drug-likeness (QED) is 0.361. The van der Waals surface area contributed by atoms with Crippen molar-refractivity contribution in [3.05, 3.63) is 41.5 Å². The molecule has 0 aliphatic carbocycles. The number of aliphatic imine (C=N–C) groups is 1. The molecule has 162 valence electrons. The maximum atomic E-state index is 11.9. The molecule has 1 fully saturated rings. The van der Waals surface area contributed by atoms with Crippen molar-refractivity contribution in [2.24, 2.45) is 12.0 Å². The van der Waals surface area contributed by atoms with E-state index < -0.39 is 0 Å². The molecule has 1 aliphatic rings. The second kappa shape index (κ2) is 11.0. The molecule has 1 aliphatic heterocycles. The zero-order chi connectivity index (χ0) is 21.3. The number of amides is 1. The third-order valence-electron chi connectivity index (χ3n) is 5.16. The Balaban J connectivity index is 1.61. The van der Waals surface area contributed by atoms with Gasteiger partial charge in [0.1, 0.15) is 5.82 Å². The zero-order valence-corrected chi connectivity index (χ0v) is 18.8. The van der Waals surface area contributed by atoms with Gasteiger partial charge in [-0.2, -0.15) is 11.8 Å². The van der Waals surface area contributed by atoms with Crippen molar-refractivity contribution in [3.8, 4) is 0 Å². The molecule has 30 heavy (non-hydrogen) atoms. The van der Waals surface area contributed by atoms with Crippen LogP contribution in [0.1, 0.15) is 36.5 Å². The van der Waals surface area contributed by atoms with Gasteiger partial charge in [-0.1, -0.05) is 12.1 Å². The smallest absolute Gasteiger partial charge is 0.227 e. The third-order valence-corrected chi connectivity index (χ3v) is 5.85. The summed E-state index contributed by atoms with van der Waals surface area (Å²) in [6, 6.07) is 8.11. The van der Waals surface area contributed by atoms with Crippen LogP contribution >= 0.6 is 11.8 Å². The highest BCUT2D eigenvalue weighted by Crippen LogP contribution is 2.21. The highest BCUT2D eigenvalue weighted by Gasteiger charge is 2.21. The normalized spacial score (nSPS) is 14.4. The summed E-state index contributed by atoms with van der Waals surface area (Å²) in [5.74, 6) is 3.83. The van der Waals surface area contributed by atoms with Gasteiger partial charge in [-0.05, 0) is 49.5 Å². The lowest BCUT2D eigenvalue weighted by Crippen LogP contribution is -2.38. The Kier molecular flexibility index (Phi) is 8.12. The number of hydrogen-bond donors (Lipinski definition) is 2. The number of carbonyl (C=O) groups is 1. The highest BCUT2D eigenvalue weighted by molar-refractivity contribution is 7.98. The van der Waals surface area contributed by atoms with E-state index in [4.69, 9.17) is 4.99 Å². The first-order valence-electron chi connectivity index (χ1n) is 10.3. The molecule has 0 radical (unpaired) electrons. The van der Waals surface area contributed by atoms with Crippen LogP contribution < -0.4 is 15.5 Å². The van der Waals surface area contributed by atoms with Crippen LogP contribution in [0.15, 0.2) is 29.3 Å². The van der Waals surface area contributed by atoms with Gasteiger partial charge in [-0.3, -0.25) is 4.79 Å². The highest BCUT2D eigenvalue weighted by atomic mass is 32.2. The Bertz CT molecular complexity index is 863. The minimum atomic E-state index is 0.209. The number of rotatable bonds is 9. The predicted molar refractivity (Wildman–Crippen MR) is 123 cm³/mol. The molecule has 2 N–H and O–H groups in total. The molecular weight excluding hydrogens is 398 g/mol. The first-order valence-corrected chi connectivity index (χ1v) is 11.7. The van der Waals surface area contributed by atoms with Crippen LogP contribution in [0, 0.1) is 6.92 Å². The van der Waals surface area contributed by atoms with Crippen LogP contribution in [-0.4, -0.2) is 51.7 Å². The van der Waals surface area contributed by atoms with E-state index in [1.807, 2.05) is 59.5 Å². The van der Waals surface area contributed by atoms with Gasteiger partial charge in [-0.15, -0.1) is 10.2 Å². The summed E-state index contributed by atoms with van der Waals surface area (Å²) in [4.78, 5) is 18.5. The lowest BCUT2D eigenvalue weighted by molar-refractivity contribution is -0.117. The molecule has 2 heterocycles. The van der Waals surface area contributed by atoms with Crippen molar-refractivity contribution in [2.75, 3.05) is 30.0 Å². The van der Waals surface area contributed by atoms with Gasteiger partial charge in [0.2, 0.25) is 5.91 Å². The Labute approximate surface area is 182 Å². The van der Waals surface area contributed by atoms with Gasteiger partial charge in [0.05, 0.1) is 13.1 Å². The molecule has 1 saturated heterocycles. The molecule has 0 spiro atoms. The first kappa shape index (κ1) is 22.1. The number of nitrogens with zero attached hydrogens (tertiary/aromatic N) is 5. The number of anilines is 1. The summed E-state index contributed by atoms with van der Waals surface area (Å²) in [5.41, 5.74) is 2.07. The second-order valence-corrected chi connectivity index (χ2v) is 8.31. The van der Waals surface area contributed by atoms with Crippen LogP contribution in [0.25, 0.3) is 0 Å². The number of nitrogens with one attached hydrogen (secondary N) is 2. The summed E-state index contributed by atoms with van der Waals surface area (Å²) in [5, 5.41) is 15.1. The maximum absolute atomic E-state index is 11.9. The largest absolute Gasteiger partial charge is 0.356 e. The van der Waals surface area contributed by atoms with Crippen molar-refractivity contribution < 1.29 is 4.79 Å². The molecule has 0 atom stereocenters. The summed E-state index contributed by atoms with van der Waals surface area (Å²) in [7, 11) is 1.96. The van der Waals surface area contributed by atoms with E-state index in [0.717, 1.165) is 60.5 Å². The van der Waals surface area contributed by atoms with Gasteiger partial charge in [0, 0.05) is 32.2 Å². The SMILES string of the molecule is CSCCCNC(=NCc1ccc(N2CCCC2=O)cc1)NCc1nnc(C)n1C. The number of carbonyl (C=O) groups excluding carboxylic acids is 1. The van der Waals surface area contributed by atoms with Crippen LogP contribution in [0.4, 0.5) is 5.69 Å². The Morgan fingerprint density at radius 3 is 2.67 bits per heavy atom. The van der Waals surface area contributed by atoms with E-state index in [1.54, 1.807) is 0 Å². The standard InChI is InChI=1S/C21H31N7OS/c1-16-25-26-19(27(16)2)15-24-21(22-11-5-13-30-3)23-14-17-7-9-18(10-8-17)28-12-4-6-20(28)29/h7-10H,4-6,11-15H2,1-3H3,(H2,22,23,24). The van der Waals surface area contributed by atoms with Crippen molar-refractivity contribution in [3.63, 3.8) is 0 Å². The van der Waals surface area contributed by atoms with Crippen molar-refractivity contribution >= 4 is 29.3 Å². The van der Waals surface area contributed by atoms with E-state index in [2.05, 4.69) is 27.1 Å². The molecule has 3 rings (SSSR count). The van der Waals surface area contributed by atoms with Gasteiger partial charge < -0.3 is 20.1 Å². The number of aryl methyl sites for hydroxylation is 1. The summed E-state index contributed by atoms with van der Waals surface area (Å²) in [6.07, 6.45) is 4.77.